The second-order valence-electron chi connectivity index (χ2n) is 5.07. The fraction of sp³-hybridized carbons (Fsp3) is 0.250. The number of aliphatic hydroxyl groups is 1. The van der Waals surface area contributed by atoms with Crippen LogP contribution in [0.4, 0.5) is 4.39 Å². The van der Waals surface area contributed by atoms with Crippen LogP contribution in [-0.2, 0) is 15.8 Å². The quantitative estimate of drug-likeness (QED) is 0.857. The summed E-state index contributed by atoms with van der Waals surface area (Å²) in [5, 5.41) is 10.1. The Hall–Kier alpha value is -1.76. The van der Waals surface area contributed by atoms with Crippen molar-refractivity contribution < 1.29 is 17.9 Å². The molecule has 0 radical (unpaired) electrons. The van der Waals surface area contributed by atoms with E-state index in [0.717, 1.165) is 5.56 Å². The number of hydrogen-bond donors (Lipinski definition) is 2. The van der Waals surface area contributed by atoms with Crippen LogP contribution in [0, 0.1) is 12.7 Å². The van der Waals surface area contributed by atoms with Crippen molar-refractivity contribution in [2.75, 3.05) is 6.54 Å². The van der Waals surface area contributed by atoms with Crippen LogP contribution in [0.25, 0.3) is 0 Å². The maximum atomic E-state index is 13.5. The minimum Gasteiger partial charge on any atom is -0.387 e. The van der Waals surface area contributed by atoms with Gasteiger partial charge in [-0.2, -0.15) is 0 Å². The van der Waals surface area contributed by atoms with Crippen LogP contribution in [0.3, 0.4) is 0 Å². The van der Waals surface area contributed by atoms with Gasteiger partial charge in [0.15, 0.2) is 0 Å². The first-order valence-corrected chi connectivity index (χ1v) is 8.48. The molecule has 2 aromatic carbocycles. The summed E-state index contributed by atoms with van der Waals surface area (Å²) in [6, 6.07) is 12.9. The predicted octanol–water partition coefficient (Wildman–Crippen LogP) is 2.29. The van der Waals surface area contributed by atoms with E-state index in [-0.39, 0.29) is 12.1 Å². The Morgan fingerprint density at radius 3 is 2.45 bits per heavy atom. The van der Waals surface area contributed by atoms with Crippen molar-refractivity contribution in [3.8, 4) is 0 Å². The van der Waals surface area contributed by atoms with Gasteiger partial charge in [0, 0.05) is 12.1 Å². The van der Waals surface area contributed by atoms with Gasteiger partial charge in [-0.3, -0.25) is 0 Å². The minimum absolute atomic E-state index is 0.0976. The Kier molecular flexibility index (Phi) is 5.28. The van der Waals surface area contributed by atoms with E-state index in [1.807, 2.05) is 19.1 Å². The monoisotopic (exact) mass is 323 g/mol. The minimum atomic E-state index is -3.72. The van der Waals surface area contributed by atoms with E-state index in [2.05, 4.69) is 4.72 Å². The van der Waals surface area contributed by atoms with Gasteiger partial charge in [-0.05, 0) is 24.1 Å². The molecule has 2 N–H and O–H groups in total. The molecule has 0 aromatic heterocycles. The lowest BCUT2D eigenvalue weighted by molar-refractivity contribution is 0.181. The molecule has 0 aliphatic heterocycles. The Labute approximate surface area is 129 Å². The third-order valence-electron chi connectivity index (χ3n) is 3.35. The van der Waals surface area contributed by atoms with Crippen LogP contribution in [0.5, 0.6) is 0 Å². The van der Waals surface area contributed by atoms with E-state index in [4.69, 9.17) is 0 Å². The molecule has 0 saturated carbocycles. The van der Waals surface area contributed by atoms with Crippen molar-refractivity contribution in [2.45, 2.75) is 18.8 Å². The molecule has 0 heterocycles. The first kappa shape index (κ1) is 16.6. The molecular weight excluding hydrogens is 305 g/mol. The molecule has 6 heteroatoms. The molecule has 0 bridgehead atoms. The van der Waals surface area contributed by atoms with Crippen LogP contribution < -0.4 is 4.72 Å². The van der Waals surface area contributed by atoms with Crippen molar-refractivity contribution in [1.29, 1.82) is 0 Å². The van der Waals surface area contributed by atoms with Crippen molar-refractivity contribution in [3.05, 3.63) is 71.0 Å². The summed E-state index contributed by atoms with van der Waals surface area (Å²) in [6.07, 6.45) is -0.948. The first-order valence-electron chi connectivity index (χ1n) is 6.83. The Morgan fingerprint density at radius 1 is 1.14 bits per heavy atom. The number of aliphatic hydroxyl groups excluding tert-OH is 1. The van der Waals surface area contributed by atoms with E-state index >= 15 is 0 Å². The number of halogens is 1. The fourth-order valence-electron chi connectivity index (χ4n) is 2.15. The van der Waals surface area contributed by atoms with Gasteiger partial charge in [-0.1, -0.05) is 42.5 Å². The highest BCUT2D eigenvalue weighted by Crippen LogP contribution is 2.17. The van der Waals surface area contributed by atoms with Gasteiger partial charge >= 0.3 is 0 Å². The number of aryl methyl sites for hydroxylation is 1. The van der Waals surface area contributed by atoms with E-state index in [1.165, 1.54) is 18.2 Å². The molecule has 1 atom stereocenters. The second-order valence-corrected chi connectivity index (χ2v) is 6.88. The molecule has 0 aliphatic rings. The SMILES string of the molecule is Cc1ccccc1C(O)CNS(=O)(=O)Cc1ccccc1F. The maximum Gasteiger partial charge on any atom is 0.215 e. The molecule has 0 amide bonds. The Balaban J connectivity index is 2.01. The van der Waals surface area contributed by atoms with Gasteiger partial charge in [0.25, 0.3) is 0 Å². The van der Waals surface area contributed by atoms with E-state index < -0.39 is 27.7 Å². The zero-order chi connectivity index (χ0) is 16.2. The number of nitrogens with one attached hydrogen (secondary N) is 1. The Morgan fingerprint density at radius 2 is 1.77 bits per heavy atom. The first-order chi connectivity index (χ1) is 10.4. The molecule has 0 aliphatic carbocycles. The summed E-state index contributed by atoms with van der Waals surface area (Å²) in [7, 11) is -3.72. The lowest BCUT2D eigenvalue weighted by Gasteiger charge is -2.15. The summed E-state index contributed by atoms with van der Waals surface area (Å²) in [5.41, 5.74) is 1.64. The number of hydrogen-bond acceptors (Lipinski definition) is 3. The zero-order valence-electron chi connectivity index (χ0n) is 12.2. The summed E-state index contributed by atoms with van der Waals surface area (Å²) in [4.78, 5) is 0. The van der Waals surface area contributed by atoms with E-state index in [9.17, 15) is 17.9 Å². The molecule has 0 spiro atoms. The number of rotatable bonds is 6. The highest BCUT2D eigenvalue weighted by molar-refractivity contribution is 7.88. The fourth-order valence-corrected chi connectivity index (χ4v) is 3.31. The van der Waals surface area contributed by atoms with Crippen molar-refractivity contribution in [3.63, 3.8) is 0 Å². The van der Waals surface area contributed by atoms with E-state index in [1.54, 1.807) is 18.2 Å². The lowest BCUT2D eigenvalue weighted by atomic mass is 10.0. The second kappa shape index (κ2) is 7.00. The number of sulfonamides is 1. The summed E-state index contributed by atoms with van der Waals surface area (Å²) in [6.45, 7) is 1.69. The molecule has 0 fully saturated rings. The Bertz CT molecular complexity index is 747. The molecule has 1 unspecified atom stereocenters. The van der Waals surface area contributed by atoms with Crippen molar-refractivity contribution in [2.24, 2.45) is 0 Å². The smallest absolute Gasteiger partial charge is 0.215 e. The highest BCUT2D eigenvalue weighted by atomic mass is 32.2. The third-order valence-corrected chi connectivity index (χ3v) is 4.64. The average Bonchev–Trinajstić information content (AvgIpc) is 2.48. The van der Waals surface area contributed by atoms with Crippen molar-refractivity contribution >= 4 is 10.0 Å². The average molecular weight is 323 g/mol. The standard InChI is InChI=1S/C16H18FNO3S/c1-12-6-2-4-8-14(12)16(19)10-18-22(20,21)11-13-7-3-5-9-15(13)17/h2-9,16,18-19H,10-11H2,1H3. The van der Waals surface area contributed by atoms with Gasteiger partial charge in [0.2, 0.25) is 10.0 Å². The van der Waals surface area contributed by atoms with Crippen LogP contribution in [0.1, 0.15) is 22.8 Å². The van der Waals surface area contributed by atoms with Crippen molar-refractivity contribution in [1.82, 2.24) is 4.72 Å². The van der Waals surface area contributed by atoms with E-state index in [0.29, 0.717) is 5.56 Å². The summed E-state index contributed by atoms with van der Waals surface area (Å²) in [5.74, 6) is -1.02. The highest BCUT2D eigenvalue weighted by Gasteiger charge is 2.17. The topological polar surface area (TPSA) is 66.4 Å². The zero-order valence-corrected chi connectivity index (χ0v) is 13.0. The van der Waals surface area contributed by atoms with Crippen LogP contribution in [-0.4, -0.2) is 20.1 Å². The van der Waals surface area contributed by atoms with Gasteiger partial charge in [-0.15, -0.1) is 0 Å². The normalized spacial score (nSPS) is 13.0. The molecule has 0 saturated heterocycles. The van der Waals surface area contributed by atoms with Gasteiger partial charge in [0.05, 0.1) is 11.9 Å². The summed E-state index contributed by atoms with van der Waals surface area (Å²) < 4.78 is 39.8. The van der Waals surface area contributed by atoms with Crippen LogP contribution in [0.2, 0.25) is 0 Å². The summed E-state index contributed by atoms with van der Waals surface area (Å²) >= 11 is 0. The molecule has 22 heavy (non-hydrogen) atoms. The van der Waals surface area contributed by atoms with Gasteiger partial charge < -0.3 is 5.11 Å². The maximum absolute atomic E-state index is 13.5. The molecule has 118 valence electrons. The molecule has 2 rings (SSSR count). The molecule has 4 nitrogen and oxygen atoms in total. The predicted molar refractivity (Wildman–Crippen MR) is 83.2 cm³/mol. The van der Waals surface area contributed by atoms with Gasteiger partial charge in [0.1, 0.15) is 5.82 Å². The third kappa shape index (κ3) is 4.37. The molecular formula is C16H18FNO3S. The van der Waals surface area contributed by atoms with Gasteiger partial charge in [-0.25, -0.2) is 17.5 Å². The molecule has 2 aromatic rings. The number of benzene rings is 2. The lowest BCUT2D eigenvalue weighted by Crippen LogP contribution is -2.30. The van der Waals surface area contributed by atoms with Crippen LogP contribution >= 0.6 is 0 Å². The van der Waals surface area contributed by atoms with Crippen LogP contribution in [0.15, 0.2) is 48.5 Å². The largest absolute Gasteiger partial charge is 0.387 e.